The number of amides is 1. The number of para-hydroxylation sites is 1. The predicted octanol–water partition coefficient (Wildman–Crippen LogP) is -0.588. The topological polar surface area (TPSA) is 145 Å². The number of hydrogen-bond donors (Lipinski definition) is 3. The molecule has 4 rings (SSSR count). The number of nitriles is 1. The van der Waals surface area contributed by atoms with Crippen molar-refractivity contribution in [3.8, 4) is 11.9 Å². The first-order chi connectivity index (χ1) is 11.9. The van der Waals surface area contributed by atoms with Gasteiger partial charge in [-0.15, -0.1) is 0 Å². The number of rotatable bonds is 0. The van der Waals surface area contributed by atoms with Crippen molar-refractivity contribution in [1.29, 1.82) is 5.26 Å². The summed E-state index contributed by atoms with van der Waals surface area (Å²) < 4.78 is 5.27. The molecule has 0 aliphatic carbocycles. The average molecular weight is 337 g/mol. The molecule has 2 aromatic rings. The van der Waals surface area contributed by atoms with Gasteiger partial charge < -0.3 is 15.4 Å². The van der Waals surface area contributed by atoms with Crippen LogP contribution in [0.4, 0.5) is 5.69 Å². The number of H-pyrrole nitrogens is 2. The lowest BCUT2D eigenvalue weighted by atomic mass is 9.70. The second kappa shape index (κ2) is 4.61. The second-order valence-corrected chi connectivity index (χ2v) is 5.70. The molecule has 0 unspecified atom stereocenters. The van der Waals surface area contributed by atoms with Crippen LogP contribution < -0.4 is 26.6 Å². The molecule has 0 fully saturated rings. The minimum atomic E-state index is -1.77. The predicted molar refractivity (Wildman–Crippen MR) is 85.8 cm³/mol. The number of nitrogens with zero attached hydrogens (tertiary/aromatic N) is 2. The van der Waals surface area contributed by atoms with Gasteiger partial charge in [-0.3, -0.25) is 19.6 Å². The minimum absolute atomic E-state index is 0.167. The van der Waals surface area contributed by atoms with Gasteiger partial charge in [0.05, 0.1) is 0 Å². The SMILES string of the molecule is CN1C(=O)[C@]2(C(C#N)=C(N)Oc3[nH]c(=O)[nH]c(=O)c32)c2ccccc21. The molecule has 9 nitrogen and oxygen atoms in total. The van der Waals surface area contributed by atoms with E-state index in [1.165, 1.54) is 11.9 Å². The van der Waals surface area contributed by atoms with Crippen LogP contribution in [0.3, 0.4) is 0 Å². The van der Waals surface area contributed by atoms with Crippen LogP contribution in [-0.2, 0) is 10.2 Å². The maximum atomic E-state index is 13.2. The van der Waals surface area contributed by atoms with Gasteiger partial charge in [0.1, 0.15) is 17.2 Å². The summed E-state index contributed by atoms with van der Waals surface area (Å²) in [6.07, 6.45) is 0. The molecule has 1 aromatic heterocycles. The van der Waals surface area contributed by atoms with Crippen LogP contribution in [0.1, 0.15) is 11.1 Å². The molecule has 25 heavy (non-hydrogen) atoms. The zero-order chi connectivity index (χ0) is 17.9. The minimum Gasteiger partial charge on any atom is -0.423 e. The Morgan fingerprint density at radius 3 is 2.68 bits per heavy atom. The Bertz CT molecular complexity index is 1140. The number of aromatic nitrogens is 2. The summed E-state index contributed by atoms with van der Waals surface area (Å²) in [5, 5.41) is 9.66. The number of fused-ring (bicyclic) bond motifs is 4. The van der Waals surface area contributed by atoms with E-state index in [0.717, 1.165) is 0 Å². The first-order valence-corrected chi connectivity index (χ1v) is 7.25. The molecule has 1 aromatic carbocycles. The second-order valence-electron chi connectivity index (χ2n) is 5.70. The number of ether oxygens (including phenoxy) is 1. The van der Waals surface area contributed by atoms with Crippen molar-refractivity contribution in [3.05, 3.63) is 67.7 Å². The van der Waals surface area contributed by atoms with E-state index in [0.29, 0.717) is 11.3 Å². The van der Waals surface area contributed by atoms with Crippen molar-refractivity contribution in [2.75, 3.05) is 11.9 Å². The number of anilines is 1. The summed E-state index contributed by atoms with van der Waals surface area (Å²) in [6.45, 7) is 0. The van der Waals surface area contributed by atoms with Crippen LogP contribution in [0, 0.1) is 11.3 Å². The summed E-state index contributed by atoms with van der Waals surface area (Å²) in [5.41, 5.74) is 3.05. The first-order valence-electron chi connectivity index (χ1n) is 7.25. The third-order valence-corrected chi connectivity index (χ3v) is 4.52. The van der Waals surface area contributed by atoms with Gasteiger partial charge in [0.25, 0.3) is 5.56 Å². The van der Waals surface area contributed by atoms with Crippen LogP contribution in [-0.4, -0.2) is 22.9 Å². The monoisotopic (exact) mass is 337 g/mol. The zero-order valence-corrected chi connectivity index (χ0v) is 12.9. The lowest BCUT2D eigenvalue weighted by molar-refractivity contribution is -0.120. The summed E-state index contributed by atoms with van der Waals surface area (Å²) in [4.78, 5) is 43.2. The van der Waals surface area contributed by atoms with Crippen molar-refractivity contribution in [2.24, 2.45) is 5.73 Å². The van der Waals surface area contributed by atoms with E-state index in [4.69, 9.17) is 10.5 Å². The highest BCUT2D eigenvalue weighted by Crippen LogP contribution is 2.52. The van der Waals surface area contributed by atoms with Crippen molar-refractivity contribution in [3.63, 3.8) is 0 Å². The van der Waals surface area contributed by atoms with E-state index < -0.39 is 22.6 Å². The van der Waals surface area contributed by atoms with Crippen molar-refractivity contribution >= 4 is 11.6 Å². The molecule has 9 heteroatoms. The lowest BCUT2D eigenvalue weighted by Crippen LogP contribution is -2.49. The zero-order valence-electron chi connectivity index (χ0n) is 12.9. The third-order valence-electron chi connectivity index (χ3n) is 4.52. The Balaban J connectivity index is 2.26. The third kappa shape index (κ3) is 1.57. The Hall–Kier alpha value is -3.80. The summed E-state index contributed by atoms with van der Waals surface area (Å²) in [5.74, 6) is -1.12. The number of likely N-dealkylation sites (N-methyl/N-ethyl adjacent to an activating group) is 1. The van der Waals surface area contributed by atoms with Crippen molar-refractivity contribution < 1.29 is 9.53 Å². The molecule has 0 saturated heterocycles. The number of carbonyl (C=O) groups excluding carboxylic acids is 1. The van der Waals surface area contributed by atoms with Gasteiger partial charge in [0.2, 0.25) is 17.7 Å². The molecule has 1 atom stereocenters. The van der Waals surface area contributed by atoms with E-state index in [9.17, 15) is 19.6 Å². The summed E-state index contributed by atoms with van der Waals surface area (Å²) >= 11 is 0. The molecule has 2 aliphatic heterocycles. The molecule has 2 aliphatic rings. The van der Waals surface area contributed by atoms with Crippen LogP contribution in [0.15, 0.2) is 45.3 Å². The lowest BCUT2D eigenvalue weighted by Gasteiger charge is -2.32. The fourth-order valence-electron chi connectivity index (χ4n) is 3.54. The molecular formula is C16H11N5O4. The Kier molecular flexibility index (Phi) is 2.72. The maximum Gasteiger partial charge on any atom is 0.328 e. The van der Waals surface area contributed by atoms with Gasteiger partial charge in [-0.1, -0.05) is 18.2 Å². The summed E-state index contributed by atoms with van der Waals surface area (Å²) in [6, 6.07) is 8.66. The fraction of sp³-hybridized carbons (Fsp3) is 0.125. The van der Waals surface area contributed by atoms with Crippen LogP contribution in [0.2, 0.25) is 0 Å². The van der Waals surface area contributed by atoms with E-state index in [1.807, 2.05) is 6.07 Å². The molecule has 3 heterocycles. The number of benzene rings is 1. The van der Waals surface area contributed by atoms with Crippen LogP contribution in [0.5, 0.6) is 5.88 Å². The van der Waals surface area contributed by atoms with E-state index in [-0.39, 0.29) is 22.9 Å². The standard InChI is InChI=1S/C16H11N5O4/c1-21-9-5-3-2-4-7(9)16(14(21)23)8(6-17)11(18)25-13-10(16)12(22)19-15(24)20-13/h2-5H,18H2,1H3,(H2,19,20,22,24)/t16-/m0/s1. The quantitative estimate of drug-likeness (QED) is 0.586. The largest absolute Gasteiger partial charge is 0.423 e. The number of nitrogens with one attached hydrogen (secondary N) is 2. The summed E-state index contributed by atoms with van der Waals surface area (Å²) in [7, 11) is 1.54. The average Bonchev–Trinajstić information content (AvgIpc) is 2.78. The van der Waals surface area contributed by atoms with E-state index >= 15 is 0 Å². The number of carbonyl (C=O) groups is 1. The van der Waals surface area contributed by atoms with E-state index in [2.05, 4.69) is 9.97 Å². The van der Waals surface area contributed by atoms with Gasteiger partial charge in [-0.05, 0) is 6.07 Å². The van der Waals surface area contributed by atoms with E-state index in [1.54, 1.807) is 24.3 Å². The molecule has 0 radical (unpaired) electrons. The Morgan fingerprint density at radius 2 is 1.96 bits per heavy atom. The fourth-order valence-corrected chi connectivity index (χ4v) is 3.54. The van der Waals surface area contributed by atoms with Gasteiger partial charge >= 0.3 is 5.69 Å². The highest BCUT2D eigenvalue weighted by Gasteiger charge is 2.60. The van der Waals surface area contributed by atoms with Gasteiger partial charge in [0, 0.05) is 18.3 Å². The number of nitrogens with two attached hydrogens (primary N) is 1. The van der Waals surface area contributed by atoms with Gasteiger partial charge in [-0.25, -0.2) is 4.79 Å². The number of hydrogen-bond acceptors (Lipinski definition) is 6. The maximum absolute atomic E-state index is 13.2. The highest BCUT2D eigenvalue weighted by atomic mass is 16.5. The first kappa shape index (κ1) is 14.8. The molecular weight excluding hydrogens is 326 g/mol. The molecule has 1 spiro atoms. The Morgan fingerprint density at radius 1 is 1.24 bits per heavy atom. The Labute approximate surface area is 140 Å². The molecule has 0 bridgehead atoms. The van der Waals surface area contributed by atoms with Crippen LogP contribution >= 0.6 is 0 Å². The highest BCUT2D eigenvalue weighted by molar-refractivity contribution is 6.13. The molecule has 124 valence electrons. The molecule has 1 amide bonds. The smallest absolute Gasteiger partial charge is 0.328 e. The molecule has 0 saturated carbocycles. The van der Waals surface area contributed by atoms with Crippen molar-refractivity contribution in [1.82, 2.24) is 9.97 Å². The normalized spacial score (nSPS) is 21.0. The van der Waals surface area contributed by atoms with Crippen LogP contribution in [0.25, 0.3) is 0 Å². The number of aromatic amines is 2. The van der Waals surface area contributed by atoms with Gasteiger partial charge in [0.15, 0.2) is 5.41 Å². The molecule has 4 N–H and O–H groups in total. The van der Waals surface area contributed by atoms with Crippen molar-refractivity contribution in [2.45, 2.75) is 5.41 Å². The van der Waals surface area contributed by atoms with Gasteiger partial charge in [-0.2, -0.15) is 5.26 Å².